The smallest absolute Gasteiger partial charge is 0.305 e. The van der Waals surface area contributed by atoms with E-state index in [1.807, 2.05) is 0 Å². The van der Waals surface area contributed by atoms with Crippen LogP contribution in [-0.4, -0.2) is 49.2 Å². The Morgan fingerprint density at radius 1 is 0.947 bits per heavy atom. The number of hydrogen-bond acceptors (Lipinski definition) is 7. The molecule has 1 aliphatic heterocycles. The van der Waals surface area contributed by atoms with Crippen LogP contribution in [0.3, 0.4) is 0 Å². The van der Waals surface area contributed by atoms with Crippen molar-refractivity contribution < 1.29 is 37.7 Å². The minimum Gasteiger partial charge on any atom is -0.455 e. The maximum absolute atomic E-state index is 12.8. The minimum absolute atomic E-state index is 0.687. The Morgan fingerprint density at radius 3 is 1.84 bits per heavy atom. The van der Waals surface area contributed by atoms with Crippen molar-refractivity contribution in [3.05, 3.63) is 0 Å². The fourth-order valence-electron chi connectivity index (χ4n) is 1.73. The lowest BCUT2D eigenvalue weighted by Crippen LogP contribution is -2.41. The number of rotatable bonds is 4. The van der Waals surface area contributed by atoms with E-state index in [0.717, 1.165) is 20.8 Å². The van der Waals surface area contributed by atoms with Crippen LogP contribution in [0.1, 0.15) is 20.8 Å². The molecule has 0 aromatic carbocycles. The summed E-state index contributed by atoms with van der Waals surface area (Å²) >= 11 is 0. The standard InChI is InChI=1S/C11H15FO7/c1-5(13)16-9-8(4-12)19-11(18-7(3)15)10(9)17-6(2)14/h8-11H,4H2,1-3H3/t8-,9-,10+,11?/m1/s1. The van der Waals surface area contributed by atoms with Crippen LogP contribution in [0.25, 0.3) is 0 Å². The van der Waals surface area contributed by atoms with Gasteiger partial charge in [0, 0.05) is 20.8 Å². The van der Waals surface area contributed by atoms with Gasteiger partial charge in [0.05, 0.1) is 0 Å². The molecule has 0 bridgehead atoms. The van der Waals surface area contributed by atoms with Crippen molar-refractivity contribution in [3.8, 4) is 0 Å². The van der Waals surface area contributed by atoms with Gasteiger partial charge in [0.2, 0.25) is 12.4 Å². The van der Waals surface area contributed by atoms with Crippen LogP contribution in [0, 0.1) is 0 Å². The van der Waals surface area contributed by atoms with Crippen LogP contribution in [0.15, 0.2) is 0 Å². The molecule has 4 atom stereocenters. The number of hydrogen-bond donors (Lipinski definition) is 0. The summed E-state index contributed by atoms with van der Waals surface area (Å²) in [7, 11) is 0. The summed E-state index contributed by atoms with van der Waals surface area (Å²) in [6, 6.07) is 0. The average molecular weight is 278 g/mol. The molecule has 1 unspecified atom stereocenters. The Balaban J connectivity index is 2.90. The van der Waals surface area contributed by atoms with Gasteiger partial charge in [-0.15, -0.1) is 0 Å². The SMILES string of the molecule is CC(=O)OC1O[C@H](CF)[C@@H](OC(C)=O)[C@@H]1OC(C)=O. The second-order valence-corrected chi connectivity index (χ2v) is 3.95. The molecule has 0 radical (unpaired) electrons. The summed E-state index contributed by atoms with van der Waals surface area (Å²) in [5, 5.41) is 0. The van der Waals surface area contributed by atoms with E-state index in [0.29, 0.717) is 0 Å². The van der Waals surface area contributed by atoms with Gasteiger partial charge in [0.15, 0.2) is 6.10 Å². The first-order valence-corrected chi connectivity index (χ1v) is 5.58. The summed E-state index contributed by atoms with van der Waals surface area (Å²) in [5.41, 5.74) is 0. The number of ether oxygens (including phenoxy) is 4. The largest absolute Gasteiger partial charge is 0.455 e. The van der Waals surface area contributed by atoms with Crippen LogP contribution in [0.4, 0.5) is 4.39 Å². The lowest BCUT2D eigenvalue weighted by Gasteiger charge is -2.22. The molecule has 1 aliphatic rings. The van der Waals surface area contributed by atoms with Crippen LogP contribution < -0.4 is 0 Å². The van der Waals surface area contributed by atoms with Crippen LogP contribution in [-0.2, 0) is 33.3 Å². The monoisotopic (exact) mass is 278 g/mol. The molecule has 0 aromatic heterocycles. The van der Waals surface area contributed by atoms with Crippen molar-refractivity contribution in [2.45, 2.75) is 45.4 Å². The van der Waals surface area contributed by atoms with Crippen molar-refractivity contribution in [3.63, 3.8) is 0 Å². The van der Waals surface area contributed by atoms with Crippen molar-refractivity contribution in [2.24, 2.45) is 0 Å². The Morgan fingerprint density at radius 2 is 1.42 bits per heavy atom. The highest BCUT2D eigenvalue weighted by molar-refractivity contribution is 5.68. The summed E-state index contributed by atoms with van der Waals surface area (Å²) in [5.74, 6) is -2.07. The van der Waals surface area contributed by atoms with E-state index in [1.165, 1.54) is 0 Å². The molecule has 108 valence electrons. The third-order valence-electron chi connectivity index (χ3n) is 2.31. The van der Waals surface area contributed by atoms with E-state index >= 15 is 0 Å². The highest BCUT2D eigenvalue weighted by Gasteiger charge is 2.51. The molecule has 1 saturated heterocycles. The number of carbonyl (C=O) groups is 3. The van der Waals surface area contributed by atoms with Gasteiger partial charge in [-0.2, -0.15) is 0 Å². The number of alkyl halides is 1. The number of halogens is 1. The zero-order chi connectivity index (χ0) is 14.6. The van der Waals surface area contributed by atoms with E-state index in [9.17, 15) is 18.8 Å². The maximum atomic E-state index is 12.8. The molecular weight excluding hydrogens is 263 g/mol. The lowest BCUT2D eigenvalue weighted by atomic mass is 10.1. The van der Waals surface area contributed by atoms with Crippen molar-refractivity contribution in [1.82, 2.24) is 0 Å². The summed E-state index contributed by atoms with van der Waals surface area (Å²) < 4.78 is 32.4. The molecule has 7 nitrogen and oxygen atoms in total. The number of esters is 3. The summed E-state index contributed by atoms with van der Waals surface area (Å²) in [6.07, 6.45) is -4.80. The fourth-order valence-corrected chi connectivity index (χ4v) is 1.73. The molecule has 1 rings (SSSR count). The fraction of sp³-hybridized carbons (Fsp3) is 0.727. The second kappa shape index (κ2) is 6.46. The molecule has 0 N–H and O–H groups in total. The van der Waals surface area contributed by atoms with E-state index in [2.05, 4.69) is 0 Å². The average Bonchev–Trinajstić information content (AvgIpc) is 2.55. The van der Waals surface area contributed by atoms with E-state index in [4.69, 9.17) is 18.9 Å². The Labute approximate surface area is 108 Å². The van der Waals surface area contributed by atoms with Gasteiger partial charge in [-0.05, 0) is 0 Å². The second-order valence-electron chi connectivity index (χ2n) is 3.95. The molecule has 0 saturated carbocycles. The molecule has 1 heterocycles. The first kappa shape index (κ1) is 15.4. The van der Waals surface area contributed by atoms with Crippen LogP contribution in [0.2, 0.25) is 0 Å². The zero-order valence-electron chi connectivity index (χ0n) is 10.8. The third-order valence-corrected chi connectivity index (χ3v) is 2.31. The number of carbonyl (C=O) groups excluding carboxylic acids is 3. The van der Waals surface area contributed by atoms with E-state index in [-0.39, 0.29) is 0 Å². The highest BCUT2D eigenvalue weighted by atomic mass is 19.1. The first-order chi connectivity index (χ1) is 8.85. The van der Waals surface area contributed by atoms with Gasteiger partial charge in [0.25, 0.3) is 0 Å². The topological polar surface area (TPSA) is 88.1 Å². The quantitative estimate of drug-likeness (QED) is 0.532. The van der Waals surface area contributed by atoms with Gasteiger partial charge in [-0.25, -0.2) is 4.39 Å². The Bertz CT molecular complexity index is 370. The molecule has 1 fully saturated rings. The van der Waals surface area contributed by atoms with E-state index in [1.54, 1.807) is 0 Å². The van der Waals surface area contributed by atoms with Gasteiger partial charge >= 0.3 is 17.9 Å². The molecule has 0 aliphatic carbocycles. The normalized spacial score (nSPS) is 29.7. The van der Waals surface area contributed by atoms with Crippen molar-refractivity contribution >= 4 is 17.9 Å². The van der Waals surface area contributed by atoms with Gasteiger partial charge in [-0.3, -0.25) is 14.4 Å². The molecule has 0 aromatic rings. The summed E-state index contributed by atoms with van der Waals surface area (Å²) in [6.45, 7) is 2.39. The van der Waals surface area contributed by atoms with Gasteiger partial charge in [-0.1, -0.05) is 0 Å². The molecular formula is C11H15FO7. The predicted molar refractivity (Wildman–Crippen MR) is 57.5 cm³/mol. The first-order valence-electron chi connectivity index (χ1n) is 5.58. The van der Waals surface area contributed by atoms with Crippen molar-refractivity contribution in [1.29, 1.82) is 0 Å². The molecule has 0 amide bonds. The van der Waals surface area contributed by atoms with Crippen molar-refractivity contribution in [2.75, 3.05) is 6.67 Å². The molecule has 0 spiro atoms. The lowest BCUT2D eigenvalue weighted by molar-refractivity contribution is -0.195. The summed E-state index contributed by atoms with van der Waals surface area (Å²) in [4.78, 5) is 32.9. The highest BCUT2D eigenvalue weighted by Crippen LogP contribution is 2.28. The Kier molecular flexibility index (Phi) is 5.22. The van der Waals surface area contributed by atoms with Gasteiger partial charge < -0.3 is 18.9 Å². The third kappa shape index (κ3) is 4.16. The Hall–Kier alpha value is -1.70. The maximum Gasteiger partial charge on any atom is 0.305 e. The minimum atomic E-state index is -1.30. The van der Waals surface area contributed by atoms with E-state index < -0.39 is 49.2 Å². The zero-order valence-corrected chi connectivity index (χ0v) is 10.8. The predicted octanol–water partition coefficient (Wildman–Crippen LogP) is 0.107. The van der Waals surface area contributed by atoms with Crippen LogP contribution >= 0.6 is 0 Å². The van der Waals surface area contributed by atoms with Crippen LogP contribution in [0.5, 0.6) is 0 Å². The molecule has 19 heavy (non-hydrogen) atoms. The van der Waals surface area contributed by atoms with Gasteiger partial charge in [0.1, 0.15) is 12.8 Å². The molecule has 8 heteroatoms.